The maximum atomic E-state index is 12.5. The Hall–Kier alpha value is -0.840. The van der Waals surface area contributed by atoms with Crippen LogP contribution in [0.25, 0.3) is 0 Å². The number of hydrogen-bond donors (Lipinski definition) is 0. The van der Waals surface area contributed by atoms with Gasteiger partial charge in [0.05, 0.1) is 0 Å². The average molecular weight is 498 g/mol. The van der Waals surface area contributed by atoms with E-state index in [1.807, 2.05) is 0 Å². The number of alkyl halides is 7. The summed E-state index contributed by atoms with van der Waals surface area (Å²) in [5.41, 5.74) is -12.2. The third-order valence-corrected chi connectivity index (χ3v) is 6.65. The molecule has 0 bridgehead atoms. The highest BCUT2D eigenvalue weighted by atomic mass is 127. The summed E-state index contributed by atoms with van der Waals surface area (Å²) in [4.78, 5) is 3.07. The van der Waals surface area contributed by atoms with Crippen LogP contribution < -0.4 is 3.71 Å². The summed E-state index contributed by atoms with van der Waals surface area (Å²) in [6.45, 7) is 0. The monoisotopic (exact) mass is 498 g/mol. The first-order valence-corrected chi connectivity index (χ1v) is 9.51. The van der Waals surface area contributed by atoms with Gasteiger partial charge in [0.15, 0.2) is 5.82 Å². The van der Waals surface area contributed by atoms with Gasteiger partial charge in [0.1, 0.15) is 0 Å². The van der Waals surface area contributed by atoms with Gasteiger partial charge in [0.2, 0.25) is 0 Å². The Kier molecular flexibility index (Phi) is 5.47. The lowest BCUT2D eigenvalue weighted by molar-refractivity contribution is -0.0462. The number of anilines is 1. The van der Waals surface area contributed by atoms with Crippen LogP contribution in [0.4, 0.5) is 32.2 Å². The van der Waals surface area contributed by atoms with Gasteiger partial charge in [-0.15, -0.1) is 3.71 Å². The average Bonchev–Trinajstić information content (AvgIpc) is 2.36. The lowest BCUT2D eigenvalue weighted by atomic mass is 10.3. The van der Waals surface area contributed by atoms with Gasteiger partial charge in [-0.25, -0.2) is 4.98 Å². The fraction of sp³-hybridized carbons (Fsp3) is 0.375. The molecule has 0 aliphatic carbocycles. The number of halogens is 7. The summed E-state index contributed by atoms with van der Waals surface area (Å²) < 4.78 is 119. The lowest BCUT2D eigenvalue weighted by Crippen LogP contribution is -2.49. The molecule has 0 unspecified atom stereocenters. The van der Waals surface area contributed by atoms with Crippen molar-refractivity contribution in [1.29, 1.82) is 0 Å². The maximum Gasteiger partial charge on any atom is 0.517 e. The number of nitrogens with zero attached hydrogens (tertiary/aromatic N) is 2. The van der Waals surface area contributed by atoms with Gasteiger partial charge in [0, 0.05) is 10.6 Å². The Morgan fingerprint density at radius 2 is 1.39 bits per heavy atom. The molecule has 0 saturated carbocycles. The standard InChI is InChI=1S/C8H5F6IN2O4S2/c9-7(10,11)22(18,19)17(23(20,21)8(12,13)14)6-2-1-5(3-15)4-16-6/h1-2,4H,3H2. The van der Waals surface area contributed by atoms with Crippen molar-refractivity contribution in [2.75, 3.05) is 3.71 Å². The minimum atomic E-state index is -6.89. The van der Waals surface area contributed by atoms with E-state index >= 15 is 0 Å². The molecule has 6 nitrogen and oxygen atoms in total. The summed E-state index contributed by atoms with van der Waals surface area (Å²) in [7, 11) is -13.8. The molecule has 0 aliphatic heterocycles. The van der Waals surface area contributed by atoms with E-state index in [1.165, 1.54) is 0 Å². The first-order valence-electron chi connectivity index (χ1n) is 5.10. The van der Waals surface area contributed by atoms with Gasteiger partial charge in [-0.2, -0.15) is 43.2 Å². The summed E-state index contributed by atoms with van der Waals surface area (Å²) in [5.74, 6) is -1.55. The summed E-state index contributed by atoms with van der Waals surface area (Å²) >= 11 is 1.79. The second-order valence-electron chi connectivity index (χ2n) is 3.76. The molecular weight excluding hydrogens is 493 g/mol. The number of pyridine rings is 1. The SMILES string of the molecule is O=S(=O)(N(c1ccc(CI)cn1)S(=O)(=O)C(F)(F)F)C(F)(F)F. The number of aromatic nitrogens is 1. The molecule has 15 heteroatoms. The van der Waals surface area contributed by atoms with Gasteiger partial charge in [-0.1, -0.05) is 28.7 Å². The van der Waals surface area contributed by atoms with Crippen LogP contribution in [0.5, 0.6) is 0 Å². The lowest BCUT2D eigenvalue weighted by Gasteiger charge is -2.24. The molecule has 0 N–H and O–H groups in total. The number of rotatable bonds is 4. The van der Waals surface area contributed by atoms with Gasteiger partial charge in [0.25, 0.3) is 0 Å². The Bertz CT molecular complexity index is 728. The highest BCUT2D eigenvalue weighted by molar-refractivity contribution is 14.1. The van der Waals surface area contributed by atoms with Gasteiger partial charge < -0.3 is 0 Å². The molecule has 0 amide bonds. The van der Waals surface area contributed by atoms with E-state index < -0.39 is 40.6 Å². The van der Waals surface area contributed by atoms with Crippen LogP contribution in [0, 0.1) is 0 Å². The molecule has 0 spiro atoms. The second kappa shape index (κ2) is 6.23. The van der Waals surface area contributed by atoms with Crippen molar-refractivity contribution in [1.82, 2.24) is 4.98 Å². The second-order valence-corrected chi connectivity index (χ2v) is 8.31. The van der Waals surface area contributed by atoms with E-state index in [1.54, 1.807) is 22.6 Å². The van der Waals surface area contributed by atoms with Crippen molar-refractivity contribution in [3.8, 4) is 0 Å². The van der Waals surface area contributed by atoms with Crippen molar-refractivity contribution in [2.45, 2.75) is 15.4 Å². The van der Waals surface area contributed by atoms with Crippen LogP contribution in [0.3, 0.4) is 0 Å². The van der Waals surface area contributed by atoms with Crippen molar-refractivity contribution in [2.24, 2.45) is 0 Å². The highest BCUT2D eigenvalue weighted by Crippen LogP contribution is 2.37. The molecule has 0 aliphatic rings. The Morgan fingerprint density at radius 1 is 0.957 bits per heavy atom. The Balaban J connectivity index is 3.70. The first kappa shape index (κ1) is 20.2. The van der Waals surface area contributed by atoms with E-state index in [0.29, 0.717) is 11.6 Å². The summed E-state index contributed by atoms with van der Waals surface area (Å²) in [6.07, 6.45) is 0.757. The van der Waals surface area contributed by atoms with E-state index in [9.17, 15) is 43.2 Å². The molecular formula is C8H5F6IN2O4S2. The topological polar surface area (TPSA) is 84.4 Å². The number of hydrogen-bond acceptors (Lipinski definition) is 5. The Morgan fingerprint density at radius 3 is 1.65 bits per heavy atom. The first-order chi connectivity index (χ1) is 10.2. The summed E-state index contributed by atoms with van der Waals surface area (Å²) in [6, 6.07) is 1.38. The number of sulfonamides is 2. The fourth-order valence-electron chi connectivity index (χ4n) is 1.17. The molecule has 1 rings (SSSR count). The van der Waals surface area contributed by atoms with E-state index in [4.69, 9.17) is 0 Å². The van der Waals surface area contributed by atoms with Gasteiger partial charge >= 0.3 is 31.1 Å². The molecule has 23 heavy (non-hydrogen) atoms. The van der Waals surface area contributed by atoms with E-state index in [2.05, 4.69) is 4.98 Å². The largest absolute Gasteiger partial charge is 0.517 e. The zero-order valence-corrected chi connectivity index (χ0v) is 14.2. The van der Waals surface area contributed by atoms with Crippen LogP contribution in [-0.2, 0) is 24.5 Å². The van der Waals surface area contributed by atoms with Crippen molar-refractivity contribution >= 4 is 48.5 Å². The van der Waals surface area contributed by atoms with Crippen LogP contribution in [0.1, 0.15) is 5.56 Å². The molecule has 0 atom stereocenters. The third-order valence-electron chi connectivity index (χ3n) is 2.17. The maximum absolute atomic E-state index is 12.5. The van der Waals surface area contributed by atoms with E-state index in [-0.39, 0.29) is 4.43 Å². The normalized spacial score (nSPS) is 13.9. The molecule has 1 aromatic heterocycles. The minimum Gasteiger partial charge on any atom is -0.237 e. The summed E-state index contributed by atoms with van der Waals surface area (Å²) in [5, 5.41) is 0. The van der Waals surface area contributed by atoms with Crippen LogP contribution in [0.2, 0.25) is 0 Å². The quantitative estimate of drug-likeness (QED) is 0.362. The van der Waals surface area contributed by atoms with Crippen molar-refractivity contribution in [3.05, 3.63) is 23.9 Å². The fourth-order valence-corrected chi connectivity index (χ4v) is 4.24. The third kappa shape index (κ3) is 3.81. The zero-order chi connectivity index (χ0) is 18.3. The molecule has 132 valence electrons. The molecule has 0 saturated heterocycles. The van der Waals surface area contributed by atoms with Crippen LogP contribution in [0.15, 0.2) is 18.3 Å². The molecule has 1 heterocycles. The molecule has 0 radical (unpaired) electrons. The molecule has 0 fully saturated rings. The smallest absolute Gasteiger partial charge is 0.237 e. The predicted octanol–water partition coefficient (Wildman–Crippen LogP) is 2.52. The zero-order valence-electron chi connectivity index (χ0n) is 10.4. The Labute approximate surface area is 139 Å². The molecule has 1 aromatic rings. The van der Waals surface area contributed by atoms with Gasteiger partial charge in [-0.05, 0) is 11.6 Å². The van der Waals surface area contributed by atoms with Crippen LogP contribution in [-0.4, -0.2) is 32.8 Å². The van der Waals surface area contributed by atoms with Crippen molar-refractivity contribution < 1.29 is 43.2 Å². The highest BCUT2D eigenvalue weighted by Gasteiger charge is 2.62. The van der Waals surface area contributed by atoms with Crippen molar-refractivity contribution in [3.63, 3.8) is 0 Å². The van der Waals surface area contributed by atoms with Gasteiger partial charge in [-0.3, -0.25) is 0 Å². The minimum absolute atomic E-state index is 0.253. The molecule has 0 aromatic carbocycles. The van der Waals surface area contributed by atoms with Crippen LogP contribution >= 0.6 is 22.6 Å². The van der Waals surface area contributed by atoms with E-state index in [0.717, 1.165) is 12.3 Å². The predicted molar refractivity (Wildman–Crippen MR) is 74.4 cm³/mol.